The van der Waals surface area contributed by atoms with Gasteiger partial charge in [-0.3, -0.25) is 9.59 Å². The highest BCUT2D eigenvalue weighted by atomic mass is 16.3. The van der Waals surface area contributed by atoms with E-state index in [0.29, 0.717) is 13.0 Å². The number of benzene rings is 2. The molecule has 3 aliphatic heterocycles. The third-order valence-electron chi connectivity index (χ3n) is 7.41. The minimum atomic E-state index is -0.538. The molecule has 2 aromatic carbocycles. The molecule has 7 nitrogen and oxygen atoms in total. The molecule has 0 bridgehead atoms. The lowest BCUT2D eigenvalue weighted by atomic mass is 9.86. The molecule has 2 saturated heterocycles. The highest BCUT2D eigenvalue weighted by Gasteiger charge is 2.48. The van der Waals surface area contributed by atoms with Gasteiger partial charge in [0.15, 0.2) is 0 Å². The molecule has 0 spiro atoms. The van der Waals surface area contributed by atoms with Gasteiger partial charge in [0.05, 0.1) is 12.6 Å². The van der Waals surface area contributed by atoms with E-state index >= 15 is 0 Å². The van der Waals surface area contributed by atoms with Crippen molar-refractivity contribution >= 4 is 22.7 Å². The van der Waals surface area contributed by atoms with E-state index in [1.807, 2.05) is 24.3 Å². The van der Waals surface area contributed by atoms with Crippen molar-refractivity contribution in [1.29, 1.82) is 0 Å². The van der Waals surface area contributed by atoms with Gasteiger partial charge in [-0.2, -0.15) is 0 Å². The lowest BCUT2D eigenvalue weighted by molar-refractivity contribution is -0.158. The number of amides is 2. The summed E-state index contributed by atoms with van der Waals surface area (Å²) in [5, 5.41) is 11.3. The number of likely N-dealkylation sites (tertiary alicyclic amines) is 1. The fraction of sp³-hybridized carbons (Fsp3) is 0.385. The van der Waals surface area contributed by atoms with Crippen molar-refractivity contribution in [1.82, 2.24) is 19.7 Å². The van der Waals surface area contributed by atoms with Gasteiger partial charge in [0.2, 0.25) is 11.8 Å². The lowest BCUT2D eigenvalue weighted by Gasteiger charge is -2.47. The van der Waals surface area contributed by atoms with Crippen molar-refractivity contribution in [3.8, 4) is 5.75 Å². The van der Waals surface area contributed by atoms with E-state index in [9.17, 15) is 14.7 Å². The van der Waals surface area contributed by atoms with Crippen LogP contribution >= 0.6 is 0 Å². The molecule has 1 aromatic heterocycles. The number of hydrogen-bond donors (Lipinski definition) is 2. The van der Waals surface area contributed by atoms with Gasteiger partial charge in [0, 0.05) is 36.1 Å². The number of nitrogens with one attached hydrogen (secondary N) is 1. The Morgan fingerprint density at radius 3 is 2.64 bits per heavy atom. The summed E-state index contributed by atoms with van der Waals surface area (Å²) < 4.78 is 0. The standard InChI is InChI=1S/C26H28N4O3/c31-18-7-5-6-17(14-18)25-24-20(19-8-1-2-9-21(19)27-24)15-22-26(33)29(16-23(32)30(22)25)13-12-28-10-3-4-11-28/h1-2,5-9,14,22,25,27,31H,3-4,10-13,15-16H2/t22-,25-/m1/s1. The predicted molar refractivity (Wildman–Crippen MR) is 125 cm³/mol. The molecule has 2 amide bonds. The summed E-state index contributed by atoms with van der Waals surface area (Å²) in [5.41, 5.74) is 3.82. The summed E-state index contributed by atoms with van der Waals surface area (Å²) in [4.78, 5) is 36.6. The first-order chi connectivity index (χ1) is 16.1. The Kier molecular flexibility index (Phi) is 4.87. The van der Waals surface area contributed by atoms with Crippen LogP contribution < -0.4 is 0 Å². The van der Waals surface area contributed by atoms with E-state index in [-0.39, 0.29) is 24.1 Å². The number of aromatic hydroxyl groups is 1. The molecule has 7 heteroatoms. The molecule has 33 heavy (non-hydrogen) atoms. The van der Waals surface area contributed by atoms with Crippen LogP contribution in [0.15, 0.2) is 48.5 Å². The molecule has 2 fully saturated rings. The summed E-state index contributed by atoms with van der Waals surface area (Å²) in [7, 11) is 0. The monoisotopic (exact) mass is 444 g/mol. The number of H-pyrrole nitrogens is 1. The number of rotatable bonds is 4. The molecule has 2 N–H and O–H groups in total. The Morgan fingerprint density at radius 2 is 1.82 bits per heavy atom. The number of carbonyl (C=O) groups excluding carboxylic acids is 2. The van der Waals surface area contributed by atoms with Crippen molar-refractivity contribution in [3.05, 3.63) is 65.4 Å². The van der Waals surface area contributed by atoms with Crippen molar-refractivity contribution in [2.24, 2.45) is 0 Å². The number of fused-ring (bicyclic) bond motifs is 4. The van der Waals surface area contributed by atoms with Gasteiger partial charge < -0.3 is 24.8 Å². The second kappa shape index (κ2) is 7.92. The number of nitrogens with zero attached hydrogens (tertiary/aromatic N) is 3. The highest BCUT2D eigenvalue weighted by molar-refractivity contribution is 5.97. The van der Waals surface area contributed by atoms with E-state index in [1.54, 1.807) is 28.0 Å². The van der Waals surface area contributed by atoms with Crippen molar-refractivity contribution in [3.63, 3.8) is 0 Å². The summed E-state index contributed by atoms with van der Waals surface area (Å²) in [6.07, 6.45) is 2.91. The lowest BCUT2D eigenvalue weighted by Crippen LogP contribution is -2.63. The van der Waals surface area contributed by atoms with Crippen LogP contribution in [0.1, 0.15) is 35.7 Å². The van der Waals surface area contributed by atoms with Crippen LogP contribution in [0, 0.1) is 0 Å². The average Bonchev–Trinajstić information content (AvgIpc) is 3.47. The zero-order valence-electron chi connectivity index (χ0n) is 18.5. The minimum Gasteiger partial charge on any atom is -0.508 e. The minimum absolute atomic E-state index is 0.0230. The largest absolute Gasteiger partial charge is 0.508 e. The summed E-state index contributed by atoms with van der Waals surface area (Å²) >= 11 is 0. The maximum atomic E-state index is 13.7. The summed E-state index contributed by atoms with van der Waals surface area (Å²) in [5.74, 6) is 0.129. The Morgan fingerprint density at radius 1 is 1.00 bits per heavy atom. The number of aromatic amines is 1. The summed E-state index contributed by atoms with van der Waals surface area (Å²) in [6, 6.07) is 14.1. The molecular formula is C26H28N4O3. The molecule has 4 heterocycles. The first-order valence-electron chi connectivity index (χ1n) is 11.8. The molecule has 0 unspecified atom stereocenters. The number of piperazine rings is 1. The number of hydrogen-bond acceptors (Lipinski definition) is 4. The molecule has 6 rings (SSSR count). The molecule has 2 atom stereocenters. The number of phenols is 1. The Labute approximate surface area is 192 Å². The Hall–Kier alpha value is -3.32. The van der Waals surface area contributed by atoms with E-state index in [0.717, 1.165) is 47.4 Å². The molecule has 170 valence electrons. The maximum Gasteiger partial charge on any atom is 0.246 e. The third-order valence-corrected chi connectivity index (χ3v) is 7.41. The van der Waals surface area contributed by atoms with Gasteiger partial charge in [0.1, 0.15) is 11.8 Å². The van der Waals surface area contributed by atoms with Gasteiger partial charge >= 0.3 is 0 Å². The van der Waals surface area contributed by atoms with Crippen LogP contribution in [-0.4, -0.2) is 75.4 Å². The Bertz CT molecular complexity index is 1230. The smallest absolute Gasteiger partial charge is 0.246 e. The van der Waals surface area contributed by atoms with Crippen LogP contribution in [0.25, 0.3) is 10.9 Å². The zero-order valence-corrected chi connectivity index (χ0v) is 18.5. The molecule has 3 aromatic rings. The number of phenolic OH excluding ortho intramolecular Hbond substituents is 1. The Balaban J connectivity index is 1.40. The topological polar surface area (TPSA) is 79.9 Å². The van der Waals surface area contributed by atoms with Crippen molar-refractivity contribution in [2.75, 3.05) is 32.7 Å². The van der Waals surface area contributed by atoms with Crippen LogP contribution in [0.2, 0.25) is 0 Å². The maximum absolute atomic E-state index is 13.7. The van der Waals surface area contributed by atoms with Gasteiger partial charge in [-0.15, -0.1) is 0 Å². The molecule has 3 aliphatic rings. The van der Waals surface area contributed by atoms with Crippen LogP contribution in [-0.2, 0) is 16.0 Å². The van der Waals surface area contributed by atoms with Crippen molar-refractivity contribution < 1.29 is 14.7 Å². The second-order valence-corrected chi connectivity index (χ2v) is 9.39. The molecular weight excluding hydrogens is 416 g/mol. The normalized spacial score (nSPS) is 23.3. The van der Waals surface area contributed by atoms with E-state index in [4.69, 9.17) is 0 Å². The molecule has 0 saturated carbocycles. The fourth-order valence-electron chi connectivity index (χ4n) is 5.82. The van der Waals surface area contributed by atoms with E-state index in [2.05, 4.69) is 16.0 Å². The predicted octanol–water partition coefficient (Wildman–Crippen LogP) is 2.65. The zero-order chi connectivity index (χ0) is 22.5. The molecule has 0 aliphatic carbocycles. The second-order valence-electron chi connectivity index (χ2n) is 9.39. The number of para-hydroxylation sites is 1. The highest BCUT2D eigenvalue weighted by Crippen LogP contribution is 2.43. The first-order valence-corrected chi connectivity index (χ1v) is 11.8. The van der Waals surface area contributed by atoms with Crippen molar-refractivity contribution in [2.45, 2.75) is 31.3 Å². The number of aromatic nitrogens is 1. The molecule has 0 radical (unpaired) electrons. The van der Waals surface area contributed by atoms with Crippen LogP contribution in [0.3, 0.4) is 0 Å². The fourth-order valence-corrected chi connectivity index (χ4v) is 5.82. The van der Waals surface area contributed by atoms with E-state index in [1.165, 1.54) is 12.8 Å². The first kappa shape index (κ1) is 20.3. The number of carbonyl (C=O) groups is 2. The van der Waals surface area contributed by atoms with Crippen LogP contribution in [0.5, 0.6) is 5.75 Å². The van der Waals surface area contributed by atoms with Gasteiger partial charge in [-0.05, 0) is 55.3 Å². The van der Waals surface area contributed by atoms with Crippen LogP contribution in [0.4, 0.5) is 0 Å². The average molecular weight is 445 g/mol. The third kappa shape index (κ3) is 3.38. The SMILES string of the molecule is O=C1[C@H]2Cc3c([nH]c4ccccc34)[C@@H](c3cccc(O)c3)N2C(=O)CN1CCN1CCCC1. The van der Waals surface area contributed by atoms with E-state index < -0.39 is 12.1 Å². The summed E-state index contributed by atoms with van der Waals surface area (Å²) in [6.45, 7) is 3.66. The van der Waals surface area contributed by atoms with Gasteiger partial charge in [-0.1, -0.05) is 30.3 Å². The van der Waals surface area contributed by atoms with Gasteiger partial charge in [-0.25, -0.2) is 0 Å². The van der Waals surface area contributed by atoms with Gasteiger partial charge in [0.25, 0.3) is 0 Å². The quantitative estimate of drug-likeness (QED) is 0.649.